The summed E-state index contributed by atoms with van der Waals surface area (Å²) in [6.45, 7) is 8.45. The molecule has 1 unspecified atom stereocenters. The van der Waals surface area contributed by atoms with Gasteiger partial charge in [0.15, 0.2) is 0 Å². The van der Waals surface area contributed by atoms with Crippen molar-refractivity contribution in [1.29, 1.82) is 0 Å². The molecule has 1 heteroatoms. The van der Waals surface area contributed by atoms with Crippen LogP contribution in [0.4, 0.5) is 0 Å². The van der Waals surface area contributed by atoms with Gasteiger partial charge in [-0.15, -0.1) is 9.24 Å². The highest BCUT2D eigenvalue weighted by Crippen LogP contribution is 1.67. The van der Waals surface area contributed by atoms with Gasteiger partial charge in [-0.3, -0.25) is 0 Å². The van der Waals surface area contributed by atoms with Crippen molar-refractivity contribution in [3.63, 3.8) is 0 Å². The second kappa shape index (κ2) is 25.5. The maximum atomic E-state index is 3.45. The predicted molar refractivity (Wildman–Crippen MR) is 31.0 cm³/mol. The van der Waals surface area contributed by atoms with E-state index in [2.05, 4.69) is 23.1 Å². The topological polar surface area (TPSA) is 0 Å². The molecule has 0 aromatic carbocycles. The van der Waals surface area contributed by atoms with Gasteiger partial charge in [0.05, 0.1) is 0 Å². The van der Waals surface area contributed by atoms with Crippen molar-refractivity contribution < 1.29 is 0 Å². The number of hydrogen-bond donors (Lipinski definition) is 0. The molecular formula is C4H11P. The minimum Gasteiger partial charge on any atom is -0.138 e. The van der Waals surface area contributed by atoms with E-state index in [1.54, 1.807) is 6.92 Å². The molecule has 2 radical (unpaired) electrons. The van der Waals surface area contributed by atoms with Gasteiger partial charge in [0, 0.05) is 0 Å². The average molecular weight is 90.1 g/mol. The lowest BCUT2D eigenvalue weighted by Gasteiger charge is -1.48. The van der Waals surface area contributed by atoms with Gasteiger partial charge in [0.1, 0.15) is 0 Å². The van der Waals surface area contributed by atoms with Crippen molar-refractivity contribution in [1.82, 2.24) is 0 Å². The van der Waals surface area contributed by atoms with E-state index in [0.29, 0.717) is 0 Å². The van der Waals surface area contributed by atoms with Gasteiger partial charge in [-0.1, -0.05) is 13.8 Å². The Kier molecular flexibility index (Phi) is 46.2. The fourth-order valence-electron chi connectivity index (χ4n) is 0. The van der Waals surface area contributed by atoms with Gasteiger partial charge in [-0.05, 0) is 13.1 Å². The van der Waals surface area contributed by atoms with Crippen LogP contribution in [0.1, 0.15) is 6.92 Å². The van der Waals surface area contributed by atoms with E-state index in [9.17, 15) is 0 Å². The van der Waals surface area contributed by atoms with Crippen LogP contribution < -0.4 is 0 Å². The van der Waals surface area contributed by atoms with Crippen molar-refractivity contribution in [3.05, 3.63) is 13.8 Å². The fourth-order valence-corrected chi connectivity index (χ4v) is 0. The van der Waals surface area contributed by atoms with Gasteiger partial charge >= 0.3 is 0 Å². The molecule has 5 heavy (non-hydrogen) atoms. The van der Waals surface area contributed by atoms with E-state index < -0.39 is 0 Å². The SMILES string of the molecule is [CH2]C.[CH2]CP. The molecule has 0 fully saturated rings. The first kappa shape index (κ1) is 9.06. The van der Waals surface area contributed by atoms with Gasteiger partial charge in [-0.2, -0.15) is 0 Å². The quantitative estimate of drug-likeness (QED) is 0.396. The minimum absolute atomic E-state index is 0.917. The summed E-state index contributed by atoms with van der Waals surface area (Å²) in [5, 5.41) is 0. The van der Waals surface area contributed by atoms with Crippen LogP contribution in [0.2, 0.25) is 0 Å². The Labute approximate surface area is 37.2 Å². The van der Waals surface area contributed by atoms with E-state index in [-0.39, 0.29) is 0 Å². The fraction of sp³-hybridized carbons (Fsp3) is 0.500. The van der Waals surface area contributed by atoms with E-state index in [1.807, 2.05) is 0 Å². The third-order valence-corrected chi connectivity index (χ3v) is 0. The number of hydrogen-bond acceptors (Lipinski definition) is 0. The van der Waals surface area contributed by atoms with Crippen molar-refractivity contribution in [3.8, 4) is 0 Å². The molecule has 0 aromatic rings. The van der Waals surface area contributed by atoms with Gasteiger partial charge in [0.25, 0.3) is 0 Å². The first-order valence-electron chi connectivity index (χ1n) is 1.62. The molecule has 0 bridgehead atoms. The summed E-state index contributed by atoms with van der Waals surface area (Å²) >= 11 is 0. The standard InChI is InChI=1S/C2H6P.C2H5/c1-2-3;1-2/h1-3H2;1H2,2H3. The highest BCUT2D eigenvalue weighted by molar-refractivity contribution is 7.16. The Bertz CT molecular complexity index is 3.61. The first-order valence-corrected chi connectivity index (χ1v) is 2.43. The smallest absolute Gasteiger partial charge is 0.0381 e. The summed E-state index contributed by atoms with van der Waals surface area (Å²) in [4.78, 5) is 0. The highest BCUT2D eigenvalue weighted by Gasteiger charge is 1.35. The lowest BCUT2D eigenvalue weighted by atomic mass is 11.0. The Morgan fingerprint density at radius 1 is 1.60 bits per heavy atom. The van der Waals surface area contributed by atoms with Crippen LogP contribution in [0.3, 0.4) is 0 Å². The molecule has 0 saturated heterocycles. The zero-order valence-electron chi connectivity index (χ0n) is 3.70. The lowest BCUT2D eigenvalue weighted by molar-refractivity contribution is 1.81. The summed E-state index contributed by atoms with van der Waals surface area (Å²) in [7, 11) is 2.47. The zero-order chi connectivity index (χ0) is 4.71. The van der Waals surface area contributed by atoms with Crippen LogP contribution in [0, 0.1) is 13.8 Å². The normalized spacial score (nSPS) is 4.80. The van der Waals surface area contributed by atoms with Crippen molar-refractivity contribution in [2.24, 2.45) is 0 Å². The second-order valence-electron chi connectivity index (χ2n) is 0.289. The van der Waals surface area contributed by atoms with Crippen molar-refractivity contribution in [2.75, 3.05) is 6.16 Å². The average Bonchev–Trinajstić information content (AvgIpc) is 1.46. The molecular weight excluding hydrogens is 79.0 g/mol. The van der Waals surface area contributed by atoms with E-state index >= 15 is 0 Å². The van der Waals surface area contributed by atoms with Crippen molar-refractivity contribution in [2.45, 2.75) is 6.92 Å². The third kappa shape index (κ3) is 141. The monoisotopic (exact) mass is 90.1 g/mol. The largest absolute Gasteiger partial charge is 0.138 e. The highest BCUT2D eigenvalue weighted by atomic mass is 31.0. The third-order valence-electron chi connectivity index (χ3n) is 0. The Hall–Kier alpha value is 0.430. The van der Waals surface area contributed by atoms with Gasteiger partial charge in [0.2, 0.25) is 0 Å². The van der Waals surface area contributed by atoms with Crippen LogP contribution in [-0.2, 0) is 0 Å². The maximum absolute atomic E-state index is 3.45. The summed E-state index contributed by atoms with van der Waals surface area (Å²) in [5.74, 6) is 0. The molecule has 0 rings (SSSR count). The van der Waals surface area contributed by atoms with Crippen molar-refractivity contribution >= 4 is 9.24 Å². The number of rotatable bonds is 0. The van der Waals surface area contributed by atoms with Crippen LogP contribution in [-0.4, -0.2) is 6.16 Å². The molecule has 0 aliphatic carbocycles. The zero-order valence-corrected chi connectivity index (χ0v) is 4.85. The predicted octanol–water partition coefficient (Wildman–Crippen LogP) is 1.54. The molecule has 0 N–H and O–H groups in total. The Balaban J connectivity index is 0. The summed E-state index contributed by atoms with van der Waals surface area (Å²) in [6.07, 6.45) is 0.917. The van der Waals surface area contributed by atoms with E-state index in [0.717, 1.165) is 6.16 Å². The first-order chi connectivity index (χ1) is 2.41. The van der Waals surface area contributed by atoms with Crippen LogP contribution >= 0.6 is 9.24 Å². The molecule has 0 aliphatic heterocycles. The van der Waals surface area contributed by atoms with E-state index in [4.69, 9.17) is 0 Å². The molecule has 0 amide bonds. The molecule has 0 nitrogen and oxygen atoms in total. The molecule has 1 atom stereocenters. The Morgan fingerprint density at radius 3 is 1.60 bits per heavy atom. The summed E-state index contributed by atoms with van der Waals surface area (Å²) in [6, 6.07) is 0. The summed E-state index contributed by atoms with van der Waals surface area (Å²) < 4.78 is 0. The second-order valence-corrected chi connectivity index (χ2v) is 0.866. The molecule has 0 heterocycles. The minimum atomic E-state index is 0.917. The van der Waals surface area contributed by atoms with Gasteiger partial charge in [-0.25, -0.2) is 0 Å². The van der Waals surface area contributed by atoms with Crippen LogP contribution in [0.15, 0.2) is 0 Å². The van der Waals surface area contributed by atoms with E-state index in [1.165, 1.54) is 0 Å². The van der Waals surface area contributed by atoms with Crippen LogP contribution in [0.5, 0.6) is 0 Å². The molecule has 0 saturated carbocycles. The summed E-state index contributed by atoms with van der Waals surface area (Å²) in [5.41, 5.74) is 0. The molecule has 0 spiro atoms. The maximum Gasteiger partial charge on any atom is -0.0381 e. The molecule has 0 aliphatic rings. The van der Waals surface area contributed by atoms with Crippen LogP contribution in [0.25, 0.3) is 0 Å². The lowest BCUT2D eigenvalue weighted by Crippen LogP contribution is -1.35. The molecule has 0 aromatic heterocycles. The van der Waals surface area contributed by atoms with Gasteiger partial charge < -0.3 is 0 Å². The molecule has 32 valence electrons. The Morgan fingerprint density at radius 2 is 1.60 bits per heavy atom.